The average Bonchev–Trinajstić information content (AvgIpc) is 2.45. The zero-order chi connectivity index (χ0) is 14.5. The highest BCUT2D eigenvalue weighted by molar-refractivity contribution is 5.97. The largest absolute Gasteiger partial charge is 0.481 e. The molecule has 2 rings (SSSR count). The fourth-order valence-electron chi connectivity index (χ4n) is 2.30. The first-order valence-corrected chi connectivity index (χ1v) is 6.48. The minimum Gasteiger partial charge on any atom is -0.481 e. The van der Waals surface area contributed by atoms with Crippen molar-refractivity contribution in [1.29, 1.82) is 5.26 Å². The molecule has 0 heterocycles. The lowest BCUT2D eigenvalue weighted by molar-refractivity contribution is -0.137. The molecule has 0 unspecified atom stereocenters. The summed E-state index contributed by atoms with van der Waals surface area (Å²) in [6.45, 7) is 0.669. The van der Waals surface area contributed by atoms with Gasteiger partial charge in [-0.15, -0.1) is 0 Å². The third-order valence-electron chi connectivity index (χ3n) is 3.32. The predicted molar refractivity (Wildman–Crippen MR) is 78.8 cm³/mol. The quantitative estimate of drug-likeness (QED) is 0.905. The molecule has 20 heavy (non-hydrogen) atoms. The molecule has 2 aromatic rings. The molecular formula is C16H16N2O2. The van der Waals surface area contributed by atoms with E-state index < -0.39 is 5.97 Å². The normalized spacial score (nSPS) is 10.2. The Bertz CT molecular complexity index is 674. The van der Waals surface area contributed by atoms with Crippen LogP contribution in [0, 0.1) is 11.3 Å². The molecule has 0 aliphatic carbocycles. The molecule has 0 fully saturated rings. The highest BCUT2D eigenvalue weighted by Crippen LogP contribution is 2.28. The van der Waals surface area contributed by atoms with E-state index in [1.165, 1.54) is 0 Å². The molecule has 0 aliphatic rings. The van der Waals surface area contributed by atoms with Crippen LogP contribution in [0.25, 0.3) is 10.8 Å². The van der Waals surface area contributed by atoms with Crippen molar-refractivity contribution in [2.45, 2.75) is 12.8 Å². The molecule has 2 aromatic carbocycles. The topological polar surface area (TPSA) is 64.3 Å². The minimum absolute atomic E-state index is 0.165. The van der Waals surface area contributed by atoms with E-state index >= 15 is 0 Å². The number of hydrogen-bond acceptors (Lipinski definition) is 3. The van der Waals surface area contributed by atoms with Crippen molar-refractivity contribution in [2.24, 2.45) is 0 Å². The van der Waals surface area contributed by atoms with Crippen LogP contribution in [0.15, 0.2) is 36.4 Å². The van der Waals surface area contributed by atoms with Crippen LogP contribution in [0.2, 0.25) is 0 Å². The van der Waals surface area contributed by atoms with Crippen LogP contribution in [-0.2, 0) is 4.79 Å². The molecule has 0 atom stereocenters. The van der Waals surface area contributed by atoms with Gasteiger partial charge in [-0.25, -0.2) is 0 Å². The van der Waals surface area contributed by atoms with Crippen molar-refractivity contribution in [3.63, 3.8) is 0 Å². The van der Waals surface area contributed by atoms with E-state index in [-0.39, 0.29) is 6.42 Å². The van der Waals surface area contributed by atoms with Gasteiger partial charge in [-0.05, 0) is 18.6 Å². The Balaban J connectivity index is 2.31. The molecule has 0 saturated heterocycles. The zero-order valence-corrected chi connectivity index (χ0v) is 11.3. The maximum absolute atomic E-state index is 10.6. The summed E-state index contributed by atoms with van der Waals surface area (Å²) in [7, 11) is 1.94. The molecule has 4 heteroatoms. The van der Waals surface area contributed by atoms with Crippen molar-refractivity contribution >= 4 is 22.4 Å². The highest BCUT2D eigenvalue weighted by Gasteiger charge is 2.09. The van der Waals surface area contributed by atoms with E-state index in [0.29, 0.717) is 18.5 Å². The number of hydrogen-bond donors (Lipinski definition) is 1. The van der Waals surface area contributed by atoms with Crippen LogP contribution in [0.5, 0.6) is 0 Å². The van der Waals surface area contributed by atoms with Crippen LogP contribution < -0.4 is 4.90 Å². The van der Waals surface area contributed by atoms with Gasteiger partial charge in [-0.3, -0.25) is 4.79 Å². The SMILES string of the molecule is CN(CCCC(=O)O)c1ccc(C#N)c2ccccc12. The van der Waals surface area contributed by atoms with E-state index in [0.717, 1.165) is 16.5 Å². The number of benzene rings is 2. The Morgan fingerprint density at radius 3 is 2.60 bits per heavy atom. The maximum Gasteiger partial charge on any atom is 0.303 e. The first kappa shape index (κ1) is 13.9. The maximum atomic E-state index is 10.6. The van der Waals surface area contributed by atoms with Crippen molar-refractivity contribution < 1.29 is 9.90 Å². The highest BCUT2D eigenvalue weighted by atomic mass is 16.4. The van der Waals surface area contributed by atoms with Crippen LogP contribution in [0.3, 0.4) is 0 Å². The fourth-order valence-corrected chi connectivity index (χ4v) is 2.30. The zero-order valence-electron chi connectivity index (χ0n) is 11.3. The van der Waals surface area contributed by atoms with Crippen molar-refractivity contribution in [3.8, 4) is 6.07 Å². The lowest BCUT2D eigenvalue weighted by Gasteiger charge is -2.21. The predicted octanol–water partition coefficient (Wildman–Crippen LogP) is 3.01. The number of nitrogens with zero attached hydrogens (tertiary/aromatic N) is 2. The molecule has 1 N–H and O–H groups in total. The van der Waals surface area contributed by atoms with Crippen molar-refractivity contribution in [2.75, 3.05) is 18.5 Å². The number of rotatable bonds is 5. The summed E-state index contributed by atoms with van der Waals surface area (Å²) in [6, 6.07) is 13.7. The van der Waals surface area contributed by atoms with E-state index in [2.05, 4.69) is 6.07 Å². The minimum atomic E-state index is -0.775. The standard InChI is InChI=1S/C16H16N2O2/c1-18(10-4-7-16(19)20)15-9-8-12(11-17)13-5-2-3-6-14(13)15/h2-3,5-6,8-9H,4,7,10H2,1H3,(H,19,20). The monoisotopic (exact) mass is 268 g/mol. The van der Waals surface area contributed by atoms with E-state index in [9.17, 15) is 4.79 Å². The lowest BCUT2D eigenvalue weighted by atomic mass is 10.0. The van der Waals surface area contributed by atoms with Crippen LogP contribution in [0.4, 0.5) is 5.69 Å². The van der Waals surface area contributed by atoms with Gasteiger partial charge in [0.2, 0.25) is 0 Å². The molecule has 0 radical (unpaired) electrons. The molecule has 0 aromatic heterocycles. The third-order valence-corrected chi connectivity index (χ3v) is 3.32. The first-order valence-electron chi connectivity index (χ1n) is 6.48. The second kappa shape index (κ2) is 6.07. The fraction of sp³-hybridized carbons (Fsp3) is 0.250. The van der Waals surface area contributed by atoms with Gasteiger partial charge in [0.25, 0.3) is 0 Å². The van der Waals surface area contributed by atoms with E-state index in [1.54, 1.807) is 0 Å². The Morgan fingerprint density at radius 1 is 1.25 bits per heavy atom. The molecule has 0 bridgehead atoms. The number of carboxylic acids is 1. The van der Waals surface area contributed by atoms with E-state index in [4.69, 9.17) is 10.4 Å². The molecule has 0 saturated carbocycles. The van der Waals surface area contributed by atoms with Gasteiger partial charge in [0.05, 0.1) is 11.6 Å². The molecule has 0 amide bonds. The number of carboxylic acid groups (broad SMARTS) is 1. The van der Waals surface area contributed by atoms with Gasteiger partial charge < -0.3 is 10.0 Å². The van der Waals surface area contributed by atoms with Crippen LogP contribution in [-0.4, -0.2) is 24.7 Å². The van der Waals surface area contributed by atoms with Gasteiger partial charge in [-0.2, -0.15) is 5.26 Å². The average molecular weight is 268 g/mol. The summed E-state index contributed by atoms with van der Waals surface area (Å²) in [5, 5.41) is 19.8. The van der Waals surface area contributed by atoms with E-state index in [1.807, 2.05) is 48.3 Å². The Kier molecular flexibility index (Phi) is 4.21. The summed E-state index contributed by atoms with van der Waals surface area (Å²) in [4.78, 5) is 12.6. The number of carbonyl (C=O) groups is 1. The molecular weight excluding hydrogens is 252 g/mol. The molecule has 0 aliphatic heterocycles. The van der Waals surface area contributed by atoms with Gasteiger partial charge in [0.1, 0.15) is 0 Å². The summed E-state index contributed by atoms with van der Waals surface area (Å²) in [6.07, 6.45) is 0.763. The number of anilines is 1. The first-order chi connectivity index (χ1) is 9.63. The van der Waals surface area contributed by atoms with Crippen LogP contribution >= 0.6 is 0 Å². The number of aliphatic carboxylic acids is 1. The summed E-state index contributed by atoms with van der Waals surface area (Å²) in [5.41, 5.74) is 1.67. The summed E-state index contributed by atoms with van der Waals surface area (Å²) >= 11 is 0. The van der Waals surface area contributed by atoms with Gasteiger partial charge >= 0.3 is 5.97 Å². The Labute approximate surface area is 117 Å². The number of fused-ring (bicyclic) bond motifs is 1. The second-order valence-corrected chi connectivity index (χ2v) is 4.71. The lowest BCUT2D eigenvalue weighted by Crippen LogP contribution is -2.19. The summed E-state index contributed by atoms with van der Waals surface area (Å²) in [5.74, 6) is -0.775. The molecule has 102 valence electrons. The molecule has 0 spiro atoms. The third kappa shape index (κ3) is 2.89. The van der Waals surface area contributed by atoms with Gasteiger partial charge in [0, 0.05) is 36.5 Å². The number of nitriles is 1. The Morgan fingerprint density at radius 2 is 1.95 bits per heavy atom. The second-order valence-electron chi connectivity index (χ2n) is 4.71. The molecule has 4 nitrogen and oxygen atoms in total. The smallest absolute Gasteiger partial charge is 0.303 e. The Hall–Kier alpha value is -2.54. The summed E-state index contributed by atoms with van der Waals surface area (Å²) < 4.78 is 0. The van der Waals surface area contributed by atoms with Crippen molar-refractivity contribution in [3.05, 3.63) is 42.0 Å². The van der Waals surface area contributed by atoms with Crippen molar-refractivity contribution in [1.82, 2.24) is 0 Å². The van der Waals surface area contributed by atoms with Crippen LogP contribution in [0.1, 0.15) is 18.4 Å². The van der Waals surface area contributed by atoms with Gasteiger partial charge in [0.15, 0.2) is 0 Å². The van der Waals surface area contributed by atoms with Gasteiger partial charge in [-0.1, -0.05) is 24.3 Å².